The molecule has 3 rings (SSSR count). The lowest BCUT2D eigenvalue weighted by atomic mass is 10.1. The van der Waals surface area contributed by atoms with Crippen LogP contribution < -0.4 is 0 Å². The fraction of sp³-hybridized carbons (Fsp3) is 0.467. The van der Waals surface area contributed by atoms with Crippen LogP contribution in [0.2, 0.25) is 0 Å². The Bertz CT molecular complexity index is 663. The maximum absolute atomic E-state index is 12.9. The summed E-state index contributed by atoms with van der Waals surface area (Å²) in [5.41, 5.74) is 1.25. The standard InChI is InChI=1S/C15H14BrF3N2O2/c16-10-4-1-3-9-7-20(14(23)13(9)10)8-12(22)21-6-2-5-11(21)15(17,18)19/h1,3-4,11H,2,5-8H2/t11-/m0/s1. The number of benzene rings is 1. The monoisotopic (exact) mass is 390 g/mol. The third kappa shape index (κ3) is 2.96. The lowest BCUT2D eigenvalue weighted by molar-refractivity contribution is -0.182. The van der Waals surface area contributed by atoms with Crippen molar-refractivity contribution >= 4 is 27.7 Å². The molecule has 0 aliphatic carbocycles. The van der Waals surface area contributed by atoms with Crippen molar-refractivity contribution in [1.82, 2.24) is 9.80 Å². The van der Waals surface area contributed by atoms with E-state index in [9.17, 15) is 22.8 Å². The molecule has 0 radical (unpaired) electrons. The lowest BCUT2D eigenvalue weighted by Crippen LogP contribution is -2.48. The van der Waals surface area contributed by atoms with Crippen molar-refractivity contribution in [3.05, 3.63) is 33.8 Å². The molecule has 2 heterocycles. The first-order valence-corrected chi connectivity index (χ1v) is 8.01. The minimum absolute atomic E-state index is 0.0744. The number of rotatable bonds is 2. The molecule has 0 spiro atoms. The Hall–Kier alpha value is -1.57. The van der Waals surface area contributed by atoms with Gasteiger partial charge in [0.1, 0.15) is 12.6 Å². The summed E-state index contributed by atoms with van der Waals surface area (Å²) in [6.07, 6.45) is -4.17. The molecule has 23 heavy (non-hydrogen) atoms. The van der Waals surface area contributed by atoms with E-state index < -0.39 is 18.1 Å². The second-order valence-electron chi connectivity index (χ2n) is 5.72. The van der Waals surface area contributed by atoms with Crippen molar-refractivity contribution in [3.63, 3.8) is 0 Å². The summed E-state index contributed by atoms with van der Waals surface area (Å²) in [5.74, 6) is -0.981. The van der Waals surface area contributed by atoms with Gasteiger partial charge in [-0.1, -0.05) is 12.1 Å². The summed E-state index contributed by atoms with van der Waals surface area (Å²) >= 11 is 3.29. The third-order valence-corrected chi connectivity index (χ3v) is 4.90. The summed E-state index contributed by atoms with van der Waals surface area (Å²) in [4.78, 5) is 26.8. The van der Waals surface area contributed by atoms with Gasteiger partial charge in [0, 0.05) is 17.6 Å². The van der Waals surface area contributed by atoms with Gasteiger partial charge in [-0.3, -0.25) is 9.59 Å². The highest BCUT2D eigenvalue weighted by molar-refractivity contribution is 9.10. The molecule has 1 saturated heterocycles. The number of halogens is 4. The molecule has 1 fully saturated rings. The Morgan fingerprint density at radius 3 is 2.74 bits per heavy atom. The van der Waals surface area contributed by atoms with E-state index in [-0.39, 0.29) is 32.0 Å². The molecule has 2 aliphatic heterocycles. The second kappa shape index (κ2) is 5.81. The van der Waals surface area contributed by atoms with Crippen LogP contribution in [0.5, 0.6) is 0 Å². The summed E-state index contributed by atoms with van der Waals surface area (Å²) in [6.45, 7) is -0.00190. The number of fused-ring (bicyclic) bond motifs is 1. The van der Waals surface area contributed by atoms with Crippen LogP contribution in [-0.2, 0) is 11.3 Å². The van der Waals surface area contributed by atoms with Crippen molar-refractivity contribution in [2.75, 3.05) is 13.1 Å². The molecule has 0 N–H and O–H groups in total. The quantitative estimate of drug-likeness (QED) is 0.778. The predicted octanol–water partition coefficient (Wildman–Crippen LogP) is 2.96. The van der Waals surface area contributed by atoms with E-state index in [4.69, 9.17) is 0 Å². The fourth-order valence-electron chi connectivity index (χ4n) is 3.16. The Labute approximate surface area is 139 Å². The molecule has 2 aliphatic rings. The van der Waals surface area contributed by atoms with E-state index in [2.05, 4.69) is 15.9 Å². The van der Waals surface area contributed by atoms with Crippen molar-refractivity contribution < 1.29 is 22.8 Å². The molecular weight excluding hydrogens is 377 g/mol. The zero-order valence-electron chi connectivity index (χ0n) is 12.1. The van der Waals surface area contributed by atoms with Gasteiger partial charge in [0.15, 0.2) is 0 Å². The zero-order valence-corrected chi connectivity index (χ0v) is 13.7. The summed E-state index contributed by atoms with van der Waals surface area (Å²) in [7, 11) is 0. The van der Waals surface area contributed by atoms with Crippen LogP contribution in [0.1, 0.15) is 28.8 Å². The lowest BCUT2D eigenvalue weighted by Gasteiger charge is -2.28. The summed E-state index contributed by atoms with van der Waals surface area (Å²) in [6, 6.07) is 3.54. The Morgan fingerprint density at radius 1 is 1.35 bits per heavy atom. The number of hydrogen-bond acceptors (Lipinski definition) is 2. The van der Waals surface area contributed by atoms with Gasteiger partial charge in [0.2, 0.25) is 5.91 Å². The van der Waals surface area contributed by atoms with Crippen LogP contribution in [0, 0.1) is 0 Å². The number of carbonyl (C=O) groups excluding carboxylic acids is 2. The molecule has 1 atom stereocenters. The molecule has 2 amide bonds. The zero-order chi connectivity index (χ0) is 16.8. The van der Waals surface area contributed by atoms with Gasteiger partial charge < -0.3 is 9.80 Å². The van der Waals surface area contributed by atoms with E-state index in [0.29, 0.717) is 16.5 Å². The SMILES string of the molecule is O=C1c2c(Br)cccc2CN1CC(=O)N1CCC[C@H]1C(F)(F)F. The maximum Gasteiger partial charge on any atom is 0.408 e. The summed E-state index contributed by atoms with van der Waals surface area (Å²) < 4.78 is 39.5. The predicted molar refractivity (Wildman–Crippen MR) is 79.7 cm³/mol. The van der Waals surface area contributed by atoms with Crippen molar-refractivity contribution in [1.29, 1.82) is 0 Å². The number of likely N-dealkylation sites (tertiary alicyclic amines) is 1. The van der Waals surface area contributed by atoms with E-state index in [1.54, 1.807) is 18.2 Å². The largest absolute Gasteiger partial charge is 0.408 e. The van der Waals surface area contributed by atoms with Crippen molar-refractivity contribution in [3.8, 4) is 0 Å². The molecule has 0 unspecified atom stereocenters. The van der Waals surface area contributed by atoms with Crippen LogP contribution in [0.4, 0.5) is 13.2 Å². The Kier molecular flexibility index (Phi) is 4.12. The minimum Gasteiger partial charge on any atom is -0.329 e. The number of nitrogens with zero attached hydrogens (tertiary/aromatic N) is 2. The van der Waals surface area contributed by atoms with Crippen LogP contribution in [-0.4, -0.2) is 46.9 Å². The van der Waals surface area contributed by atoms with Crippen LogP contribution >= 0.6 is 15.9 Å². The van der Waals surface area contributed by atoms with Gasteiger partial charge >= 0.3 is 6.18 Å². The third-order valence-electron chi connectivity index (χ3n) is 4.24. The first-order valence-electron chi connectivity index (χ1n) is 7.22. The number of amides is 2. The van der Waals surface area contributed by atoms with Gasteiger partial charge in [-0.25, -0.2) is 0 Å². The normalized spacial score (nSPS) is 21.0. The van der Waals surface area contributed by atoms with Crippen molar-refractivity contribution in [2.24, 2.45) is 0 Å². The van der Waals surface area contributed by atoms with Crippen molar-refractivity contribution in [2.45, 2.75) is 31.6 Å². The van der Waals surface area contributed by atoms with E-state index in [0.717, 1.165) is 10.5 Å². The van der Waals surface area contributed by atoms with Gasteiger partial charge in [-0.05, 0) is 40.4 Å². The molecule has 0 saturated carbocycles. The molecule has 8 heteroatoms. The van der Waals surface area contributed by atoms with Crippen LogP contribution in [0.3, 0.4) is 0 Å². The van der Waals surface area contributed by atoms with E-state index >= 15 is 0 Å². The van der Waals surface area contributed by atoms with Gasteiger partial charge in [0.25, 0.3) is 5.91 Å². The molecule has 0 aromatic heterocycles. The number of hydrogen-bond donors (Lipinski definition) is 0. The minimum atomic E-state index is -4.42. The maximum atomic E-state index is 12.9. The number of carbonyl (C=O) groups is 2. The first-order chi connectivity index (χ1) is 10.8. The Balaban J connectivity index is 1.73. The second-order valence-corrected chi connectivity index (χ2v) is 6.58. The Morgan fingerprint density at radius 2 is 2.09 bits per heavy atom. The van der Waals surface area contributed by atoms with E-state index in [1.807, 2.05) is 0 Å². The molecule has 1 aromatic rings. The average Bonchev–Trinajstić information content (AvgIpc) is 3.05. The molecular formula is C15H14BrF3N2O2. The smallest absolute Gasteiger partial charge is 0.329 e. The van der Waals surface area contributed by atoms with E-state index in [1.165, 1.54) is 4.90 Å². The number of alkyl halides is 3. The molecule has 0 bridgehead atoms. The van der Waals surface area contributed by atoms with Crippen LogP contribution in [0.15, 0.2) is 22.7 Å². The average molecular weight is 391 g/mol. The first kappa shape index (κ1) is 16.3. The summed E-state index contributed by atoms with van der Waals surface area (Å²) in [5, 5.41) is 0. The highest BCUT2D eigenvalue weighted by Crippen LogP contribution is 2.33. The molecule has 4 nitrogen and oxygen atoms in total. The fourth-order valence-corrected chi connectivity index (χ4v) is 3.74. The topological polar surface area (TPSA) is 40.6 Å². The highest BCUT2D eigenvalue weighted by atomic mass is 79.9. The molecule has 124 valence electrons. The highest BCUT2D eigenvalue weighted by Gasteiger charge is 2.48. The molecule has 1 aromatic carbocycles. The van der Waals surface area contributed by atoms with Gasteiger partial charge in [-0.15, -0.1) is 0 Å². The van der Waals surface area contributed by atoms with Gasteiger partial charge in [0.05, 0.1) is 5.56 Å². The van der Waals surface area contributed by atoms with Gasteiger partial charge in [-0.2, -0.15) is 13.2 Å². The van der Waals surface area contributed by atoms with Crippen LogP contribution in [0.25, 0.3) is 0 Å².